The van der Waals surface area contributed by atoms with E-state index in [9.17, 15) is 0 Å². The van der Waals surface area contributed by atoms with Crippen LogP contribution in [0.25, 0.3) is 11.1 Å². The number of aromatic nitrogens is 2. The molecular weight excluding hydrogens is 240 g/mol. The van der Waals surface area contributed by atoms with Gasteiger partial charge in [0.2, 0.25) is 5.95 Å². The van der Waals surface area contributed by atoms with Gasteiger partial charge in [0.1, 0.15) is 12.3 Å². The maximum Gasteiger partial charge on any atom is 0.225 e. The molecule has 0 N–H and O–H groups in total. The van der Waals surface area contributed by atoms with E-state index in [1.54, 1.807) is 31.5 Å². The summed E-state index contributed by atoms with van der Waals surface area (Å²) >= 11 is 0. The van der Waals surface area contributed by atoms with Gasteiger partial charge < -0.3 is 9.64 Å². The fraction of sp³-hybridized carbons (Fsp3) is 0.214. The lowest BCUT2D eigenvalue weighted by molar-refractivity contribution is 0.415. The van der Waals surface area contributed by atoms with Gasteiger partial charge in [-0.1, -0.05) is 12.1 Å². The minimum atomic E-state index is 0.266. The van der Waals surface area contributed by atoms with Gasteiger partial charge >= 0.3 is 0 Å². The van der Waals surface area contributed by atoms with Gasteiger partial charge in [0.25, 0.3) is 0 Å². The molecule has 0 aliphatic rings. The van der Waals surface area contributed by atoms with Crippen LogP contribution in [0.5, 0.6) is 5.75 Å². The van der Waals surface area contributed by atoms with Crippen molar-refractivity contribution in [2.75, 3.05) is 25.6 Å². The normalized spacial score (nSPS) is 9.74. The number of benzene rings is 1. The monoisotopic (exact) mass is 254 g/mol. The molecule has 0 radical (unpaired) electrons. The highest BCUT2D eigenvalue weighted by Gasteiger charge is 2.04. The van der Waals surface area contributed by atoms with E-state index in [0.717, 1.165) is 16.9 Å². The lowest BCUT2D eigenvalue weighted by Gasteiger charge is -2.12. The van der Waals surface area contributed by atoms with Gasteiger partial charge in [0.05, 0.1) is 13.2 Å². The van der Waals surface area contributed by atoms with Gasteiger partial charge in [-0.3, -0.25) is 0 Å². The number of hydrogen-bond acceptors (Lipinski definition) is 5. The summed E-state index contributed by atoms with van der Waals surface area (Å²) in [5.41, 5.74) is 1.95. The molecule has 0 spiro atoms. The summed E-state index contributed by atoms with van der Waals surface area (Å²) < 4.78 is 5.11. The van der Waals surface area contributed by atoms with Crippen LogP contribution in [0.1, 0.15) is 0 Å². The highest BCUT2D eigenvalue weighted by atomic mass is 16.5. The van der Waals surface area contributed by atoms with E-state index in [1.165, 1.54) is 0 Å². The molecule has 1 aromatic carbocycles. The van der Waals surface area contributed by atoms with Crippen molar-refractivity contribution in [3.05, 3.63) is 36.7 Å². The van der Waals surface area contributed by atoms with Crippen LogP contribution in [0.3, 0.4) is 0 Å². The molecule has 5 heteroatoms. The zero-order valence-corrected chi connectivity index (χ0v) is 10.9. The molecule has 1 aromatic heterocycles. The van der Waals surface area contributed by atoms with Crippen LogP contribution in [-0.4, -0.2) is 30.7 Å². The maximum atomic E-state index is 8.62. The molecule has 0 saturated heterocycles. The van der Waals surface area contributed by atoms with Crippen LogP contribution in [0.4, 0.5) is 5.95 Å². The molecule has 0 aliphatic heterocycles. The van der Waals surface area contributed by atoms with Crippen LogP contribution < -0.4 is 9.64 Å². The fourth-order valence-electron chi connectivity index (χ4n) is 1.63. The van der Waals surface area contributed by atoms with E-state index in [2.05, 4.69) is 16.0 Å². The summed E-state index contributed by atoms with van der Waals surface area (Å²) in [5.74, 6) is 1.36. The lowest BCUT2D eigenvalue weighted by Crippen LogP contribution is -2.19. The van der Waals surface area contributed by atoms with Gasteiger partial charge in [-0.05, 0) is 17.7 Å². The minimum absolute atomic E-state index is 0.266. The van der Waals surface area contributed by atoms with E-state index < -0.39 is 0 Å². The van der Waals surface area contributed by atoms with Crippen molar-refractivity contribution in [2.45, 2.75) is 0 Å². The molecule has 96 valence electrons. The van der Waals surface area contributed by atoms with E-state index in [4.69, 9.17) is 10.00 Å². The summed E-state index contributed by atoms with van der Waals surface area (Å²) in [7, 11) is 3.42. The van der Waals surface area contributed by atoms with Gasteiger partial charge in [-0.2, -0.15) is 5.26 Å². The predicted molar refractivity (Wildman–Crippen MR) is 72.9 cm³/mol. The Morgan fingerprint density at radius 3 is 2.32 bits per heavy atom. The highest BCUT2D eigenvalue weighted by Crippen LogP contribution is 2.21. The zero-order chi connectivity index (χ0) is 13.7. The molecule has 0 unspecified atom stereocenters. The fourth-order valence-corrected chi connectivity index (χ4v) is 1.63. The second-order valence-electron chi connectivity index (χ2n) is 4.01. The molecule has 0 aliphatic carbocycles. The first-order chi connectivity index (χ1) is 9.24. The number of rotatable bonds is 4. The quantitative estimate of drug-likeness (QED) is 0.782. The Hall–Kier alpha value is -2.61. The van der Waals surface area contributed by atoms with Crippen molar-refractivity contribution in [3.63, 3.8) is 0 Å². The van der Waals surface area contributed by atoms with Crippen LogP contribution >= 0.6 is 0 Å². The number of nitrogens with zero attached hydrogens (tertiary/aromatic N) is 4. The van der Waals surface area contributed by atoms with Crippen molar-refractivity contribution in [2.24, 2.45) is 0 Å². The first kappa shape index (κ1) is 12.8. The summed E-state index contributed by atoms with van der Waals surface area (Å²) in [6.45, 7) is 0.266. The SMILES string of the molecule is COc1ccc(-c2cnc(N(C)CC#N)nc2)cc1. The van der Waals surface area contributed by atoms with Crippen molar-refractivity contribution in [1.82, 2.24) is 9.97 Å². The average molecular weight is 254 g/mol. The summed E-state index contributed by atoms with van der Waals surface area (Å²) in [6.07, 6.45) is 3.50. The first-order valence-electron chi connectivity index (χ1n) is 5.79. The average Bonchev–Trinajstić information content (AvgIpc) is 2.48. The number of nitriles is 1. The lowest BCUT2D eigenvalue weighted by atomic mass is 10.1. The standard InChI is InChI=1S/C14H14N4O/c1-18(8-7-15)14-16-9-12(10-17-14)11-3-5-13(19-2)6-4-11/h3-6,9-10H,8H2,1-2H3. The van der Waals surface area contributed by atoms with Gasteiger partial charge in [0, 0.05) is 25.0 Å². The number of anilines is 1. The largest absolute Gasteiger partial charge is 0.497 e. The number of hydrogen-bond donors (Lipinski definition) is 0. The molecule has 0 saturated carbocycles. The van der Waals surface area contributed by atoms with E-state index >= 15 is 0 Å². The molecule has 0 fully saturated rings. The second-order valence-corrected chi connectivity index (χ2v) is 4.01. The maximum absolute atomic E-state index is 8.62. The Balaban J connectivity index is 2.20. The molecule has 0 amide bonds. The topological polar surface area (TPSA) is 62.0 Å². The van der Waals surface area contributed by atoms with Crippen molar-refractivity contribution >= 4 is 5.95 Å². The van der Waals surface area contributed by atoms with Crippen molar-refractivity contribution in [3.8, 4) is 22.9 Å². The van der Waals surface area contributed by atoms with Gasteiger partial charge in [-0.25, -0.2) is 9.97 Å². The molecule has 2 aromatic rings. The Labute approximate surface area is 112 Å². The number of ether oxygens (including phenoxy) is 1. The molecule has 0 bridgehead atoms. The molecule has 19 heavy (non-hydrogen) atoms. The zero-order valence-electron chi connectivity index (χ0n) is 10.9. The van der Waals surface area contributed by atoms with E-state index in [1.807, 2.05) is 24.3 Å². The van der Waals surface area contributed by atoms with Crippen molar-refractivity contribution in [1.29, 1.82) is 5.26 Å². The summed E-state index contributed by atoms with van der Waals surface area (Å²) in [4.78, 5) is 10.2. The highest BCUT2D eigenvalue weighted by molar-refractivity contribution is 5.62. The Morgan fingerprint density at radius 2 is 1.79 bits per heavy atom. The summed E-state index contributed by atoms with van der Waals surface area (Å²) in [5, 5.41) is 8.62. The molecule has 2 rings (SSSR count). The Kier molecular flexibility index (Phi) is 3.94. The van der Waals surface area contributed by atoms with Gasteiger partial charge in [-0.15, -0.1) is 0 Å². The Bertz CT molecular complexity index is 572. The minimum Gasteiger partial charge on any atom is -0.497 e. The van der Waals surface area contributed by atoms with E-state index in [0.29, 0.717) is 5.95 Å². The molecule has 0 atom stereocenters. The van der Waals surface area contributed by atoms with Crippen LogP contribution in [0.2, 0.25) is 0 Å². The first-order valence-corrected chi connectivity index (χ1v) is 5.79. The molecule has 1 heterocycles. The van der Waals surface area contributed by atoms with Crippen molar-refractivity contribution < 1.29 is 4.74 Å². The third-order valence-electron chi connectivity index (χ3n) is 2.71. The van der Waals surface area contributed by atoms with Crippen LogP contribution in [0, 0.1) is 11.3 Å². The summed E-state index contributed by atoms with van der Waals surface area (Å²) in [6, 6.07) is 9.75. The van der Waals surface area contributed by atoms with Crippen LogP contribution in [-0.2, 0) is 0 Å². The van der Waals surface area contributed by atoms with Crippen LogP contribution in [0.15, 0.2) is 36.7 Å². The third-order valence-corrected chi connectivity index (χ3v) is 2.71. The predicted octanol–water partition coefficient (Wildman–Crippen LogP) is 2.11. The third kappa shape index (κ3) is 2.99. The van der Waals surface area contributed by atoms with Gasteiger partial charge in [0.15, 0.2) is 0 Å². The molecular formula is C14H14N4O. The second kappa shape index (κ2) is 5.83. The molecule has 5 nitrogen and oxygen atoms in total. The Morgan fingerprint density at radius 1 is 1.16 bits per heavy atom. The smallest absolute Gasteiger partial charge is 0.225 e. The number of methoxy groups -OCH3 is 1. The van der Waals surface area contributed by atoms with E-state index in [-0.39, 0.29) is 6.54 Å².